The summed E-state index contributed by atoms with van der Waals surface area (Å²) < 4.78 is 26.0. The van der Waals surface area contributed by atoms with E-state index < -0.39 is 10.0 Å². The van der Waals surface area contributed by atoms with E-state index in [4.69, 9.17) is 5.73 Å². The van der Waals surface area contributed by atoms with E-state index in [1.807, 2.05) is 0 Å². The highest BCUT2D eigenvalue weighted by Crippen LogP contribution is 2.18. The SMILES string of the molecule is Cn1nnc(NS(=O)(=O)c2ccccc2N)n1. The normalized spacial score (nSPS) is 11.4. The van der Waals surface area contributed by atoms with E-state index in [2.05, 4.69) is 20.1 Å². The molecule has 1 heterocycles. The number of rotatable bonds is 3. The fourth-order valence-electron chi connectivity index (χ4n) is 1.23. The third-order valence-corrected chi connectivity index (χ3v) is 3.34. The molecule has 0 saturated carbocycles. The van der Waals surface area contributed by atoms with E-state index in [1.165, 1.54) is 19.2 Å². The number of nitrogens with two attached hydrogens (primary N) is 1. The molecule has 3 N–H and O–H groups in total. The number of anilines is 2. The summed E-state index contributed by atoms with van der Waals surface area (Å²) in [6, 6.07) is 6.12. The van der Waals surface area contributed by atoms with E-state index in [0.29, 0.717) is 0 Å². The summed E-state index contributed by atoms with van der Waals surface area (Å²) in [7, 11) is -2.25. The van der Waals surface area contributed by atoms with Gasteiger partial charge in [-0.15, -0.1) is 5.10 Å². The topological polar surface area (TPSA) is 116 Å². The Bertz CT molecular complexity index is 635. The lowest BCUT2D eigenvalue weighted by Gasteiger charge is -2.06. The van der Waals surface area contributed by atoms with Gasteiger partial charge in [0.1, 0.15) is 4.90 Å². The average Bonchev–Trinajstić information content (AvgIpc) is 2.63. The summed E-state index contributed by atoms with van der Waals surface area (Å²) >= 11 is 0. The molecular weight excluding hydrogens is 244 g/mol. The molecule has 0 aliphatic carbocycles. The maximum atomic E-state index is 11.9. The van der Waals surface area contributed by atoms with Crippen molar-refractivity contribution >= 4 is 21.7 Å². The highest BCUT2D eigenvalue weighted by molar-refractivity contribution is 7.92. The molecule has 0 bridgehead atoms. The van der Waals surface area contributed by atoms with Gasteiger partial charge >= 0.3 is 0 Å². The van der Waals surface area contributed by atoms with Crippen molar-refractivity contribution in [1.29, 1.82) is 0 Å². The van der Waals surface area contributed by atoms with Crippen LogP contribution in [0.4, 0.5) is 11.6 Å². The minimum Gasteiger partial charge on any atom is -0.398 e. The van der Waals surface area contributed by atoms with Crippen molar-refractivity contribution in [1.82, 2.24) is 20.2 Å². The van der Waals surface area contributed by atoms with Gasteiger partial charge in [0.2, 0.25) is 0 Å². The van der Waals surface area contributed by atoms with E-state index in [9.17, 15) is 8.42 Å². The van der Waals surface area contributed by atoms with Crippen molar-refractivity contribution in [3.8, 4) is 0 Å². The molecule has 0 spiro atoms. The Hall–Kier alpha value is -2.16. The van der Waals surface area contributed by atoms with Gasteiger partial charge < -0.3 is 5.73 Å². The molecule has 90 valence electrons. The molecule has 2 rings (SSSR count). The van der Waals surface area contributed by atoms with Crippen LogP contribution in [0, 0.1) is 0 Å². The summed E-state index contributed by atoms with van der Waals surface area (Å²) in [5.74, 6) is -0.101. The predicted octanol–water partition coefficient (Wildman–Crippen LogP) is -0.407. The number of aryl methyl sites for hydroxylation is 1. The van der Waals surface area contributed by atoms with Crippen molar-refractivity contribution in [2.45, 2.75) is 4.90 Å². The van der Waals surface area contributed by atoms with Crippen LogP contribution in [0.1, 0.15) is 0 Å². The Morgan fingerprint density at radius 2 is 2.06 bits per heavy atom. The highest BCUT2D eigenvalue weighted by atomic mass is 32.2. The molecule has 9 heteroatoms. The molecule has 1 aromatic heterocycles. The Balaban J connectivity index is 2.35. The van der Waals surface area contributed by atoms with Gasteiger partial charge in [0.05, 0.1) is 12.7 Å². The average molecular weight is 254 g/mol. The van der Waals surface area contributed by atoms with Crippen molar-refractivity contribution in [3.05, 3.63) is 24.3 Å². The number of para-hydroxylation sites is 1. The van der Waals surface area contributed by atoms with Gasteiger partial charge in [-0.05, 0) is 17.3 Å². The number of benzene rings is 1. The van der Waals surface area contributed by atoms with Crippen LogP contribution >= 0.6 is 0 Å². The molecule has 17 heavy (non-hydrogen) atoms. The Morgan fingerprint density at radius 1 is 1.35 bits per heavy atom. The lowest BCUT2D eigenvalue weighted by atomic mass is 10.3. The third kappa shape index (κ3) is 2.33. The van der Waals surface area contributed by atoms with Crippen LogP contribution in [0.25, 0.3) is 0 Å². The van der Waals surface area contributed by atoms with E-state index in [0.717, 1.165) is 4.80 Å². The number of nitrogens with one attached hydrogen (secondary N) is 1. The minimum atomic E-state index is -3.78. The zero-order valence-electron chi connectivity index (χ0n) is 8.90. The second-order valence-corrected chi connectivity index (χ2v) is 4.90. The second-order valence-electron chi connectivity index (χ2n) is 3.25. The van der Waals surface area contributed by atoms with Gasteiger partial charge in [-0.3, -0.25) is 0 Å². The highest BCUT2D eigenvalue weighted by Gasteiger charge is 2.18. The molecule has 2 aromatic rings. The molecular formula is C8H10N6O2S. The molecule has 1 aromatic carbocycles. The maximum Gasteiger partial charge on any atom is 0.277 e. The van der Waals surface area contributed by atoms with Crippen molar-refractivity contribution in [2.75, 3.05) is 10.5 Å². The summed E-state index contributed by atoms with van der Waals surface area (Å²) in [4.78, 5) is 1.12. The van der Waals surface area contributed by atoms with E-state index in [1.54, 1.807) is 12.1 Å². The van der Waals surface area contributed by atoms with Crippen LogP contribution < -0.4 is 10.5 Å². The van der Waals surface area contributed by atoms with Gasteiger partial charge in [0, 0.05) is 0 Å². The first-order valence-electron chi connectivity index (χ1n) is 4.60. The Morgan fingerprint density at radius 3 is 2.65 bits per heavy atom. The number of hydrogen-bond donors (Lipinski definition) is 2. The predicted molar refractivity (Wildman–Crippen MR) is 60.5 cm³/mol. The first-order valence-corrected chi connectivity index (χ1v) is 6.09. The van der Waals surface area contributed by atoms with Gasteiger partial charge in [-0.2, -0.15) is 4.80 Å². The zero-order chi connectivity index (χ0) is 12.5. The second kappa shape index (κ2) is 4.01. The molecule has 0 atom stereocenters. The maximum absolute atomic E-state index is 11.9. The Labute approximate surface area is 97.5 Å². The van der Waals surface area contributed by atoms with Crippen molar-refractivity contribution < 1.29 is 8.42 Å². The zero-order valence-corrected chi connectivity index (χ0v) is 9.72. The number of hydrogen-bond acceptors (Lipinski definition) is 6. The summed E-state index contributed by atoms with van der Waals surface area (Å²) in [5, 5.41) is 10.8. The fourth-order valence-corrected chi connectivity index (χ4v) is 2.29. The van der Waals surface area contributed by atoms with Gasteiger partial charge in [-0.1, -0.05) is 17.2 Å². The fraction of sp³-hybridized carbons (Fsp3) is 0.125. The molecule has 8 nitrogen and oxygen atoms in total. The molecule has 0 amide bonds. The number of tetrazole rings is 1. The molecule has 0 aliphatic rings. The molecule has 0 fully saturated rings. The van der Waals surface area contributed by atoms with Crippen LogP contribution in [0.3, 0.4) is 0 Å². The summed E-state index contributed by atoms with van der Waals surface area (Å²) in [6.07, 6.45) is 0. The van der Waals surface area contributed by atoms with Gasteiger partial charge in [-0.25, -0.2) is 13.1 Å². The Kier molecular flexibility index (Phi) is 2.68. The summed E-state index contributed by atoms with van der Waals surface area (Å²) in [5.41, 5.74) is 5.74. The quantitative estimate of drug-likeness (QED) is 0.719. The standard InChI is InChI=1S/C8H10N6O2S/c1-14-11-8(10-13-14)12-17(15,16)7-5-3-2-4-6(7)9/h2-5H,9H2,1H3,(H,11,12). The molecule has 0 unspecified atom stereocenters. The number of sulfonamides is 1. The van der Waals surface area contributed by atoms with E-state index >= 15 is 0 Å². The number of nitrogens with zero attached hydrogens (tertiary/aromatic N) is 4. The van der Waals surface area contributed by atoms with Crippen LogP contribution in [0.2, 0.25) is 0 Å². The first-order chi connectivity index (χ1) is 7.99. The van der Waals surface area contributed by atoms with Gasteiger partial charge in [0.25, 0.3) is 16.0 Å². The lowest BCUT2D eigenvalue weighted by molar-refractivity contribution is 0.601. The van der Waals surface area contributed by atoms with Crippen molar-refractivity contribution in [3.63, 3.8) is 0 Å². The molecule has 0 saturated heterocycles. The first kappa shape index (κ1) is 11.3. The van der Waals surface area contributed by atoms with Crippen molar-refractivity contribution in [2.24, 2.45) is 7.05 Å². The van der Waals surface area contributed by atoms with Crippen LogP contribution in [-0.4, -0.2) is 28.6 Å². The van der Waals surface area contributed by atoms with Gasteiger partial charge in [0.15, 0.2) is 0 Å². The lowest BCUT2D eigenvalue weighted by Crippen LogP contribution is -2.15. The minimum absolute atomic E-state index is 0.0209. The van der Waals surface area contributed by atoms with Crippen LogP contribution in [0.15, 0.2) is 29.2 Å². The third-order valence-electron chi connectivity index (χ3n) is 1.94. The van der Waals surface area contributed by atoms with E-state index in [-0.39, 0.29) is 16.5 Å². The smallest absolute Gasteiger partial charge is 0.277 e. The van der Waals surface area contributed by atoms with Crippen LogP contribution in [0.5, 0.6) is 0 Å². The largest absolute Gasteiger partial charge is 0.398 e. The number of nitrogen functional groups attached to an aromatic ring is 1. The monoisotopic (exact) mass is 254 g/mol. The molecule has 0 aliphatic heterocycles. The number of aromatic nitrogens is 4. The van der Waals surface area contributed by atoms with Crippen LogP contribution in [-0.2, 0) is 17.1 Å². The summed E-state index contributed by atoms with van der Waals surface area (Å²) in [6.45, 7) is 0. The molecule has 0 radical (unpaired) electrons.